The third-order valence-electron chi connectivity index (χ3n) is 5.99. The number of likely N-dealkylation sites (N-methyl/N-ethyl adjacent to an activating group) is 1. The molecule has 1 aromatic carbocycles. The van der Waals surface area contributed by atoms with Crippen molar-refractivity contribution in [1.82, 2.24) is 30.4 Å². The number of aromatic nitrogens is 4. The van der Waals surface area contributed by atoms with Crippen molar-refractivity contribution in [3.63, 3.8) is 0 Å². The van der Waals surface area contributed by atoms with E-state index in [2.05, 4.69) is 42.2 Å². The number of anilines is 2. The molecule has 2 N–H and O–H groups in total. The second-order valence-corrected chi connectivity index (χ2v) is 8.92. The van der Waals surface area contributed by atoms with Crippen LogP contribution >= 0.6 is 11.6 Å². The first-order chi connectivity index (χ1) is 16.4. The summed E-state index contributed by atoms with van der Waals surface area (Å²) >= 11 is 6.43. The number of aromatic amines is 1. The molecule has 1 aliphatic heterocycles. The second-order valence-electron chi connectivity index (χ2n) is 8.48. The second kappa shape index (κ2) is 10.4. The lowest BCUT2D eigenvalue weighted by Gasteiger charge is -2.37. The topological polar surface area (TPSA) is 103 Å². The highest BCUT2D eigenvalue weighted by atomic mass is 35.5. The van der Waals surface area contributed by atoms with Gasteiger partial charge in [0.2, 0.25) is 0 Å². The number of H-pyrrole nitrogens is 1. The molecule has 4 rings (SSSR count). The van der Waals surface area contributed by atoms with Crippen LogP contribution in [0, 0.1) is 0 Å². The number of benzene rings is 1. The molecule has 1 aliphatic rings. The van der Waals surface area contributed by atoms with E-state index in [1.54, 1.807) is 19.5 Å². The third kappa shape index (κ3) is 4.88. The van der Waals surface area contributed by atoms with Crippen molar-refractivity contribution in [3.05, 3.63) is 34.7 Å². The summed E-state index contributed by atoms with van der Waals surface area (Å²) in [5.74, 6) is 1.23. The quantitative estimate of drug-likeness (QED) is 0.499. The van der Waals surface area contributed by atoms with Crippen molar-refractivity contribution in [3.8, 4) is 5.75 Å². The highest BCUT2D eigenvalue weighted by molar-refractivity contribution is 6.31. The fourth-order valence-corrected chi connectivity index (χ4v) is 4.46. The highest BCUT2D eigenvalue weighted by Crippen LogP contribution is 2.36. The van der Waals surface area contributed by atoms with Crippen LogP contribution in [0.5, 0.6) is 5.75 Å². The molecule has 10 nitrogen and oxygen atoms in total. The zero-order valence-corrected chi connectivity index (χ0v) is 20.8. The van der Waals surface area contributed by atoms with Crippen molar-refractivity contribution in [2.45, 2.75) is 13.3 Å². The van der Waals surface area contributed by atoms with Gasteiger partial charge in [-0.2, -0.15) is 5.10 Å². The van der Waals surface area contributed by atoms with Gasteiger partial charge in [-0.15, -0.1) is 0 Å². The van der Waals surface area contributed by atoms with Gasteiger partial charge in [0.1, 0.15) is 12.1 Å². The lowest BCUT2D eigenvalue weighted by molar-refractivity contribution is 0.0948. The van der Waals surface area contributed by atoms with Crippen LogP contribution in [-0.2, 0) is 6.42 Å². The Kier molecular flexibility index (Phi) is 7.38. The molecule has 182 valence electrons. The zero-order chi connectivity index (χ0) is 24.2. The molecule has 1 saturated heterocycles. The van der Waals surface area contributed by atoms with E-state index in [0.29, 0.717) is 22.9 Å². The molecule has 34 heavy (non-hydrogen) atoms. The first-order valence-electron chi connectivity index (χ1n) is 11.4. The van der Waals surface area contributed by atoms with Crippen LogP contribution in [0.2, 0.25) is 5.02 Å². The molecule has 2 aromatic heterocycles. The summed E-state index contributed by atoms with van der Waals surface area (Å²) < 4.78 is 5.70. The van der Waals surface area contributed by atoms with Gasteiger partial charge in [0.25, 0.3) is 5.91 Å². The van der Waals surface area contributed by atoms with Gasteiger partial charge in [0.15, 0.2) is 11.4 Å². The Morgan fingerprint density at radius 1 is 1.21 bits per heavy atom. The van der Waals surface area contributed by atoms with Crippen molar-refractivity contribution in [2.24, 2.45) is 0 Å². The molecule has 0 spiro atoms. The minimum absolute atomic E-state index is 0.198. The van der Waals surface area contributed by atoms with E-state index in [9.17, 15) is 4.79 Å². The van der Waals surface area contributed by atoms with Gasteiger partial charge >= 0.3 is 0 Å². The van der Waals surface area contributed by atoms with Gasteiger partial charge in [-0.25, -0.2) is 9.97 Å². The number of amides is 1. The van der Waals surface area contributed by atoms with E-state index in [4.69, 9.17) is 16.3 Å². The largest absolute Gasteiger partial charge is 0.494 e. The average Bonchev–Trinajstić information content (AvgIpc) is 3.27. The lowest BCUT2D eigenvalue weighted by Crippen LogP contribution is -2.47. The number of halogens is 1. The molecular weight excluding hydrogens is 456 g/mol. The number of nitrogens with one attached hydrogen (secondary N) is 2. The van der Waals surface area contributed by atoms with Crippen molar-refractivity contribution >= 4 is 40.0 Å². The maximum atomic E-state index is 12.9. The summed E-state index contributed by atoms with van der Waals surface area (Å²) in [7, 11) is 5.51. The fourth-order valence-electron chi connectivity index (χ4n) is 4.24. The van der Waals surface area contributed by atoms with Gasteiger partial charge in [0.05, 0.1) is 29.4 Å². The van der Waals surface area contributed by atoms with Crippen LogP contribution in [0.4, 0.5) is 11.5 Å². The Morgan fingerprint density at radius 3 is 2.62 bits per heavy atom. The summed E-state index contributed by atoms with van der Waals surface area (Å²) in [6, 6.07) is 3.52. The average molecular weight is 487 g/mol. The molecule has 0 bridgehead atoms. The molecule has 0 atom stereocenters. The Labute approximate surface area is 204 Å². The van der Waals surface area contributed by atoms with E-state index in [-0.39, 0.29) is 5.91 Å². The van der Waals surface area contributed by atoms with Crippen LogP contribution < -0.4 is 19.9 Å². The number of carbonyl (C=O) groups excluding carboxylic acids is 1. The van der Waals surface area contributed by atoms with Gasteiger partial charge < -0.3 is 24.8 Å². The smallest absolute Gasteiger partial charge is 0.255 e. The van der Waals surface area contributed by atoms with E-state index in [1.807, 2.05) is 25.1 Å². The number of ether oxygens (including phenoxy) is 1. The molecule has 3 heterocycles. The van der Waals surface area contributed by atoms with Crippen LogP contribution in [0.15, 0.2) is 18.5 Å². The summed E-state index contributed by atoms with van der Waals surface area (Å²) in [6.07, 6.45) is 2.38. The van der Waals surface area contributed by atoms with Gasteiger partial charge in [-0.05, 0) is 32.6 Å². The normalized spacial score (nSPS) is 14.2. The lowest BCUT2D eigenvalue weighted by atomic mass is 10.1. The SMILES string of the molecule is CCc1n[nH]c2ncnc(N3CCN(c4cc(Cl)cc(C(=O)NCCN(C)C)c4OC)CC3)c12. The highest BCUT2D eigenvalue weighted by Gasteiger charge is 2.26. The molecule has 1 amide bonds. The number of carbonyl (C=O) groups is 1. The molecule has 0 aliphatic carbocycles. The third-order valence-corrected chi connectivity index (χ3v) is 6.21. The van der Waals surface area contributed by atoms with E-state index < -0.39 is 0 Å². The number of hydrogen-bond acceptors (Lipinski definition) is 8. The van der Waals surface area contributed by atoms with Crippen molar-refractivity contribution < 1.29 is 9.53 Å². The van der Waals surface area contributed by atoms with Gasteiger partial charge in [-0.1, -0.05) is 18.5 Å². The maximum Gasteiger partial charge on any atom is 0.255 e. The molecule has 0 unspecified atom stereocenters. The van der Waals surface area contributed by atoms with Gasteiger partial charge in [0, 0.05) is 44.3 Å². The number of nitrogens with zero attached hydrogens (tertiary/aromatic N) is 6. The van der Waals surface area contributed by atoms with Crippen LogP contribution in [0.25, 0.3) is 11.0 Å². The Morgan fingerprint density at radius 2 is 1.94 bits per heavy atom. The van der Waals surface area contributed by atoms with Crippen LogP contribution in [-0.4, -0.2) is 91.4 Å². The van der Waals surface area contributed by atoms with Crippen LogP contribution in [0.1, 0.15) is 23.0 Å². The van der Waals surface area contributed by atoms with E-state index in [1.165, 1.54) is 0 Å². The summed E-state index contributed by atoms with van der Waals surface area (Å²) in [5.41, 5.74) is 2.98. The summed E-state index contributed by atoms with van der Waals surface area (Å²) in [6.45, 7) is 6.31. The molecular formula is C23H31ClN8O2. The number of aryl methyl sites for hydroxylation is 1. The summed E-state index contributed by atoms with van der Waals surface area (Å²) in [5, 5.41) is 11.8. The molecule has 11 heteroatoms. The van der Waals surface area contributed by atoms with Gasteiger partial charge in [-0.3, -0.25) is 9.89 Å². The number of piperazine rings is 1. The van der Waals surface area contributed by atoms with E-state index in [0.717, 1.165) is 67.4 Å². The predicted molar refractivity (Wildman–Crippen MR) is 134 cm³/mol. The van der Waals surface area contributed by atoms with Crippen LogP contribution in [0.3, 0.4) is 0 Å². The Balaban J connectivity index is 1.54. The first-order valence-corrected chi connectivity index (χ1v) is 11.8. The Hall–Kier alpha value is -3.11. The predicted octanol–water partition coefficient (Wildman–Crippen LogP) is 2.20. The van der Waals surface area contributed by atoms with E-state index >= 15 is 0 Å². The zero-order valence-electron chi connectivity index (χ0n) is 20.1. The standard InChI is InChI=1S/C23H31ClN8O2/c1-5-17-19-21(29-28-17)26-14-27-22(19)32-10-8-31(9-11-32)18-13-15(24)12-16(20(18)34-4)23(33)25-6-7-30(2)3/h12-14H,5-11H2,1-4H3,(H,25,33)(H,26,27,28,29). The molecule has 1 fully saturated rings. The number of methoxy groups -OCH3 is 1. The summed E-state index contributed by atoms with van der Waals surface area (Å²) in [4.78, 5) is 28.2. The number of rotatable bonds is 8. The fraction of sp³-hybridized carbons (Fsp3) is 0.478. The monoisotopic (exact) mass is 486 g/mol. The minimum atomic E-state index is -0.198. The minimum Gasteiger partial charge on any atom is -0.494 e. The maximum absolute atomic E-state index is 12.9. The number of fused-ring (bicyclic) bond motifs is 1. The first kappa shape index (κ1) is 24.0. The molecule has 0 radical (unpaired) electrons. The van der Waals surface area contributed by atoms with Crippen molar-refractivity contribution in [2.75, 3.05) is 70.3 Å². The number of hydrogen-bond donors (Lipinski definition) is 2. The molecule has 0 saturated carbocycles. The Bertz CT molecular complexity index is 1160. The molecule has 3 aromatic rings. The van der Waals surface area contributed by atoms with Crippen molar-refractivity contribution in [1.29, 1.82) is 0 Å².